The smallest absolute Gasteiger partial charge is 0.254 e. The van der Waals surface area contributed by atoms with Crippen LogP contribution in [-0.2, 0) is 21.4 Å². The van der Waals surface area contributed by atoms with E-state index in [9.17, 15) is 18.0 Å². The van der Waals surface area contributed by atoms with Crippen molar-refractivity contribution in [2.24, 2.45) is 11.8 Å². The number of sulfonamides is 1. The summed E-state index contributed by atoms with van der Waals surface area (Å²) in [6, 6.07) is 7.14. The predicted octanol–water partition coefficient (Wildman–Crippen LogP) is 2.45. The van der Waals surface area contributed by atoms with Crippen LogP contribution in [0.15, 0.2) is 36.0 Å². The largest absolute Gasteiger partial charge is 0.325 e. The Labute approximate surface area is 184 Å². The molecule has 8 heteroatoms. The van der Waals surface area contributed by atoms with Crippen LogP contribution in [0.2, 0.25) is 0 Å². The Bertz CT molecular complexity index is 1010. The van der Waals surface area contributed by atoms with Gasteiger partial charge in [0.05, 0.1) is 23.9 Å². The number of rotatable bonds is 5. The molecule has 168 valence electrons. The lowest BCUT2D eigenvalue weighted by Gasteiger charge is -2.29. The van der Waals surface area contributed by atoms with Crippen molar-refractivity contribution in [1.29, 1.82) is 0 Å². The SMILES string of the molecule is CC(C)[C@H]1C(=O)N(S(C)(=O)=O)C2=CCN(C(=O)c3cccc(CN4CCCCC4)c3)[C@@H]21. The van der Waals surface area contributed by atoms with E-state index in [4.69, 9.17) is 0 Å². The Morgan fingerprint density at radius 1 is 1.16 bits per heavy atom. The molecule has 2 amide bonds. The van der Waals surface area contributed by atoms with Gasteiger partial charge in [0, 0.05) is 18.7 Å². The second kappa shape index (κ2) is 8.39. The summed E-state index contributed by atoms with van der Waals surface area (Å²) >= 11 is 0. The first-order valence-corrected chi connectivity index (χ1v) is 12.9. The monoisotopic (exact) mass is 445 g/mol. The third-order valence-electron chi connectivity index (χ3n) is 6.54. The normalized spacial score (nSPS) is 24.6. The fourth-order valence-electron chi connectivity index (χ4n) is 5.12. The predicted molar refractivity (Wildman–Crippen MR) is 118 cm³/mol. The van der Waals surface area contributed by atoms with Crippen molar-refractivity contribution in [2.75, 3.05) is 25.9 Å². The van der Waals surface area contributed by atoms with E-state index in [1.165, 1.54) is 19.3 Å². The quantitative estimate of drug-likeness (QED) is 0.696. The molecule has 31 heavy (non-hydrogen) atoms. The summed E-state index contributed by atoms with van der Waals surface area (Å²) in [5.74, 6) is -1.26. The first kappa shape index (κ1) is 22.0. The highest BCUT2D eigenvalue weighted by atomic mass is 32.2. The van der Waals surface area contributed by atoms with E-state index in [0.29, 0.717) is 17.8 Å². The van der Waals surface area contributed by atoms with E-state index in [-0.39, 0.29) is 11.8 Å². The first-order chi connectivity index (χ1) is 14.7. The molecule has 0 spiro atoms. The van der Waals surface area contributed by atoms with E-state index >= 15 is 0 Å². The second-order valence-electron chi connectivity index (χ2n) is 9.20. The average Bonchev–Trinajstić information content (AvgIpc) is 3.24. The lowest BCUT2D eigenvalue weighted by atomic mass is 9.89. The molecule has 4 rings (SSSR count). The number of nitrogens with zero attached hydrogens (tertiary/aromatic N) is 3. The zero-order chi connectivity index (χ0) is 22.3. The Balaban J connectivity index is 1.58. The van der Waals surface area contributed by atoms with Crippen LogP contribution in [0.3, 0.4) is 0 Å². The molecule has 2 saturated heterocycles. The molecule has 0 saturated carbocycles. The molecule has 2 fully saturated rings. The number of fused-ring (bicyclic) bond motifs is 1. The molecule has 0 aliphatic carbocycles. The maximum absolute atomic E-state index is 13.5. The standard InChI is InChI=1S/C23H31N3O4S/c1-16(2)20-21-19(26(23(20)28)31(3,29)30)10-13-25(21)22(27)18-9-7-8-17(14-18)15-24-11-5-4-6-12-24/h7-10,14,16,20-21H,4-6,11-13,15H2,1-3H3/t20-,21+/m1/s1. The summed E-state index contributed by atoms with van der Waals surface area (Å²) in [4.78, 5) is 30.5. The Hall–Kier alpha value is -2.19. The molecule has 1 aromatic rings. The second-order valence-corrected chi connectivity index (χ2v) is 11.0. The minimum Gasteiger partial charge on any atom is -0.325 e. The van der Waals surface area contributed by atoms with E-state index in [1.54, 1.807) is 17.0 Å². The minimum atomic E-state index is -3.74. The van der Waals surface area contributed by atoms with E-state index in [2.05, 4.69) is 4.90 Å². The number of carbonyl (C=O) groups is 2. The summed E-state index contributed by atoms with van der Waals surface area (Å²) in [5.41, 5.74) is 2.10. The summed E-state index contributed by atoms with van der Waals surface area (Å²) in [6.07, 6.45) is 6.45. The molecule has 0 aromatic heterocycles. The number of benzene rings is 1. The number of carbonyl (C=O) groups excluding carboxylic acids is 2. The van der Waals surface area contributed by atoms with Gasteiger partial charge in [0.25, 0.3) is 5.91 Å². The van der Waals surface area contributed by atoms with Gasteiger partial charge in [-0.15, -0.1) is 0 Å². The summed E-state index contributed by atoms with van der Waals surface area (Å²) in [5, 5.41) is 0. The van der Waals surface area contributed by atoms with E-state index < -0.39 is 27.9 Å². The van der Waals surface area contributed by atoms with Crippen molar-refractivity contribution in [3.63, 3.8) is 0 Å². The van der Waals surface area contributed by atoms with Crippen LogP contribution in [0.4, 0.5) is 0 Å². The molecule has 0 N–H and O–H groups in total. The van der Waals surface area contributed by atoms with Crippen LogP contribution in [0.1, 0.15) is 49.0 Å². The van der Waals surface area contributed by atoms with Gasteiger partial charge in [0.2, 0.25) is 15.9 Å². The van der Waals surface area contributed by atoms with Gasteiger partial charge in [-0.05, 0) is 55.6 Å². The van der Waals surface area contributed by atoms with E-state index in [1.807, 2.05) is 32.0 Å². The third kappa shape index (κ3) is 4.15. The number of likely N-dealkylation sites (tertiary alicyclic amines) is 1. The van der Waals surface area contributed by atoms with Gasteiger partial charge in [0.15, 0.2) is 0 Å². The molecular weight excluding hydrogens is 414 g/mol. The Kier molecular flexibility index (Phi) is 5.96. The van der Waals surface area contributed by atoms with Crippen molar-refractivity contribution >= 4 is 21.8 Å². The molecule has 3 heterocycles. The first-order valence-electron chi connectivity index (χ1n) is 11.0. The highest BCUT2D eigenvalue weighted by Gasteiger charge is 2.54. The van der Waals surface area contributed by atoms with Gasteiger partial charge in [-0.3, -0.25) is 14.5 Å². The molecule has 0 unspecified atom stereocenters. The zero-order valence-electron chi connectivity index (χ0n) is 18.5. The van der Waals surface area contributed by atoms with Crippen LogP contribution in [0.5, 0.6) is 0 Å². The number of hydrogen-bond acceptors (Lipinski definition) is 5. The summed E-state index contributed by atoms with van der Waals surface area (Å²) in [6.45, 7) is 7.08. The van der Waals surface area contributed by atoms with Gasteiger partial charge in [-0.1, -0.05) is 32.4 Å². The minimum absolute atomic E-state index is 0.0912. The van der Waals surface area contributed by atoms with Crippen molar-refractivity contribution in [3.05, 3.63) is 47.2 Å². The lowest BCUT2D eigenvalue weighted by molar-refractivity contribution is -0.128. The number of hydrogen-bond donors (Lipinski definition) is 0. The number of piperidine rings is 1. The van der Waals surface area contributed by atoms with Crippen molar-refractivity contribution < 1.29 is 18.0 Å². The highest BCUT2D eigenvalue weighted by Crippen LogP contribution is 2.41. The van der Waals surface area contributed by atoms with Crippen molar-refractivity contribution in [3.8, 4) is 0 Å². The van der Waals surface area contributed by atoms with Gasteiger partial charge in [0.1, 0.15) is 0 Å². The van der Waals surface area contributed by atoms with Crippen molar-refractivity contribution in [1.82, 2.24) is 14.1 Å². The topological polar surface area (TPSA) is 78.0 Å². The maximum atomic E-state index is 13.5. The fraction of sp³-hybridized carbons (Fsp3) is 0.565. The van der Waals surface area contributed by atoms with Gasteiger partial charge in [-0.25, -0.2) is 12.7 Å². The fourth-order valence-corrected chi connectivity index (χ4v) is 6.14. The van der Waals surface area contributed by atoms with Crippen LogP contribution in [-0.4, -0.2) is 66.3 Å². The molecule has 3 aliphatic rings. The number of amides is 2. The van der Waals surface area contributed by atoms with Crippen LogP contribution in [0, 0.1) is 11.8 Å². The summed E-state index contributed by atoms with van der Waals surface area (Å²) in [7, 11) is -3.74. The van der Waals surface area contributed by atoms with Crippen LogP contribution < -0.4 is 0 Å². The molecule has 3 aliphatic heterocycles. The third-order valence-corrected chi connectivity index (χ3v) is 7.59. The molecule has 7 nitrogen and oxygen atoms in total. The lowest BCUT2D eigenvalue weighted by Crippen LogP contribution is -2.43. The molecule has 0 radical (unpaired) electrons. The summed E-state index contributed by atoms with van der Waals surface area (Å²) < 4.78 is 25.5. The average molecular weight is 446 g/mol. The molecule has 1 aromatic carbocycles. The van der Waals surface area contributed by atoms with Gasteiger partial charge >= 0.3 is 0 Å². The van der Waals surface area contributed by atoms with Gasteiger partial charge < -0.3 is 4.90 Å². The Morgan fingerprint density at radius 2 is 1.87 bits per heavy atom. The van der Waals surface area contributed by atoms with Crippen LogP contribution in [0.25, 0.3) is 0 Å². The van der Waals surface area contributed by atoms with Crippen molar-refractivity contribution in [2.45, 2.75) is 45.7 Å². The molecule has 2 atom stereocenters. The molecular formula is C23H31N3O4S. The van der Waals surface area contributed by atoms with Gasteiger partial charge in [-0.2, -0.15) is 0 Å². The van der Waals surface area contributed by atoms with Crippen LogP contribution >= 0.6 is 0 Å². The highest BCUT2D eigenvalue weighted by molar-refractivity contribution is 7.89. The maximum Gasteiger partial charge on any atom is 0.254 e. The van der Waals surface area contributed by atoms with E-state index in [0.717, 1.165) is 35.8 Å². The Morgan fingerprint density at radius 3 is 2.52 bits per heavy atom. The molecule has 0 bridgehead atoms. The zero-order valence-corrected chi connectivity index (χ0v) is 19.3.